The number of anilines is 1. The summed E-state index contributed by atoms with van der Waals surface area (Å²) >= 11 is 0. The summed E-state index contributed by atoms with van der Waals surface area (Å²) < 4.78 is 31.7. The summed E-state index contributed by atoms with van der Waals surface area (Å²) in [6.45, 7) is 1.86. The molecule has 132 valence electrons. The van der Waals surface area contributed by atoms with E-state index < -0.39 is 18.0 Å². The number of carbonyl (C=O) groups excluding carboxylic acids is 1. The second kappa shape index (κ2) is 7.64. The number of rotatable bonds is 5. The number of aromatic nitrogens is 3. The van der Waals surface area contributed by atoms with Gasteiger partial charge in [0, 0.05) is 24.5 Å². The fraction of sp³-hybridized carbons (Fsp3) is 0.111. The first-order chi connectivity index (χ1) is 12.5. The Kier molecular flexibility index (Phi) is 5.12. The van der Waals surface area contributed by atoms with Crippen molar-refractivity contribution in [1.82, 2.24) is 15.0 Å². The SMILES string of the molecule is Cc1ccc(NC(=O)c2cc(Oc3cccnc3)cc(C(F)F)n2)nc1. The van der Waals surface area contributed by atoms with Gasteiger partial charge >= 0.3 is 0 Å². The number of hydrogen-bond donors (Lipinski definition) is 1. The lowest BCUT2D eigenvalue weighted by molar-refractivity contribution is 0.101. The number of ether oxygens (including phenoxy) is 1. The first-order valence-electron chi connectivity index (χ1n) is 7.63. The largest absolute Gasteiger partial charge is 0.456 e. The van der Waals surface area contributed by atoms with Gasteiger partial charge in [-0.15, -0.1) is 0 Å². The lowest BCUT2D eigenvalue weighted by atomic mass is 10.2. The average molecular weight is 356 g/mol. The van der Waals surface area contributed by atoms with Crippen molar-refractivity contribution in [3.05, 3.63) is 71.9 Å². The van der Waals surface area contributed by atoms with Crippen LogP contribution in [0, 0.1) is 6.92 Å². The molecule has 0 radical (unpaired) electrons. The molecule has 6 nitrogen and oxygen atoms in total. The molecule has 0 bridgehead atoms. The van der Waals surface area contributed by atoms with E-state index in [0.29, 0.717) is 11.6 Å². The van der Waals surface area contributed by atoms with Crippen LogP contribution in [0.5, 0.6) is 11.5 Å². The van der Waals surface area contributed by atoms with E-state index in [2.05, 4.69) is 20.3 Å². The van der Waals surface area contributed by atoms with Gasteiger partial charge in [0.1, 0.15) is 28.7 Å². The van der Waals surface area contributed by atoms with Crippen molar-refractivity contribution in [3.8, 4) is 11.5 Å². The third-order valence-corrected chi connectivity index (χ3v) is 3.30. The summed E-state index contributed by atoms with van der Waals surface area (Å²) in [4.78, 5) is 24.0. The Morgan fingerprint density at radius 3 is 2.65 bits per heavy atom. The minimum atomic E-state index is -2.85. The smallest absolute Gasteiger partial charge is 0.280 e. The molecule has 0 aliphatic carbocycles. The Bertz CT molecular complexity index is 903. The Morgan fingerprint density at radius 2 is 2.00 bits per heavy atom. The maximum atomic E-state index is 13.1. The van der Waals surface area contributed by atoms with Crippen LogP contribution < -0.4 is 10.1 Å². The first-order valence-corrected chi connectivity index (χ1v) is 7.63. The number of halogens is 2. The zero-order valence-electron chi connectivity index (χ0n) is 13.7. The number of hydrogen-bond acceptors (Lipinski definition) is 5. The Hall–Kier alpha value is -3.42. The van der Waals surface area contributed by atoms with Crippen LogP contribution in [-0.4, -0.2) is 20.9 Å². The molecule has 0 unspecified atom stereocenters. The number of alkyl halides is 2. The van der Waals surface area contributed by atoms with Crippen LogP contribution in [0.3, 0.4) is 0 Å². The van der Waals surface area contributed by atoms with Crippen LogP contribution in [0.2, 0.25) is 0 Å². The van der Waals surface area contributed by atoms with Crippen molar-refractivity contribution >= 4 is 11.7 Å². The van der Waals surface area contributed by atoms with Gasteiger partial charge in [-0.25, -0.2) is 18.7 Å². The van der Waals surface area contributed by atoms with Crippen LogP contribution in [0.25, 0.3) is 0 Å². The maximum Gasteiger partial charge on any atom is 0.280 e. The number of carbonyl (C=O) groups is 1. The van der Waals surface area contributed by atoms with Crippen LogP contribution in [0.4, 0.5) is 14.6 Å². The second-order valence-corrected chi connectivity index (χ2v) is 5.38. The van der Waals surface area contributed by atoms with Crippen molar-refractivity contribution in [2.24, 2.45) is 0 Å². The highest BCUT2D eigenvalue weighted by Gasteiger charge is 2.17. The minimum absolute atomic E-state index is 0.0605. The van der Waals surface area contributed by atoms with Gasteiger partial charge in [-0.05, 0) is 30.7 Å². The molecular formula is C18H14F2N4O2. The zero-order chi connectivity index (χ0) is 18.5. The standard InChI is InChI=1S/C18H14F2N4O2/c1-11-4-5-16(22-9-11)24-18(25)15-8-13(7-14(23-15)17(19)20)26-12-3-2-6-21-10-12/h2-10,17H,1H3,(H,22,24,25). The summed E-state index contributed by atoms with van der Waals surface area (Å²) in [7, 11) is 0. The van der Waals surface area contributed by atoms with Crippen LogP contribution in [0.15, 0.2) is 55.0 Å². The molecule has 0 aliphatic heterocycles. The molecule has 0 atom stereocenters. The summed E-state index contributed by atoms with van der Waals surface area (Å²) in [6, 6.07) is 8.99. The van der Waals surface area contributed by atoms with E-state index in [1.54, 1.807) is 36.7 Å². The van der Waals surface area contributed by atoms with E-state index in [1.807, 2.05) is 6.92 Å². The van der Waals surface area contributed by atoms with Crippen molar-refractivity contribution in [2.45, 2.75) is 13.3 Å². The molecular weight excluding hydrogens is 342 g/mol. The quantitative estimate of drug-likeness (QED) is 0.743. The second-order valence-electron chi connectivity index (χ2n) is 5.38. The van der Waals surface area contributed by atoms with E-state index in [0.717, 1.165) is 11.6 Å². The van der Waals surface area contributed by atoms with Gasteiger partial charge in [-0.1, -0.05) is 6.07 Å². The highest BCUT2D eigenvalue weighted by Crippen LogP contribution is 2.26. The number of nitrogens with zero attached hydrogens (tertiary/aromatic N) is 3. The van der Waals surface area contributed by atoms with E-state index in [-0.39, 0.29) is 11.4 Å². The molecule has 3 heterocycles. The third-order valence-electron chi connectivity index (χ3n) is 3.30. The number of pyridine rings is 3. The summed E-state index contributed by atoms with van der Waals surface area (Å²) in [5.41, 5.74) is 0.158. The number of aryl methyl sites for hydroxylation is 1. The number of nitrogens with one attached hydrogen (secondary N) is 1. The van der Waals surface area contributed by atoms with Gasteiger partial charge in [-0.2, -0.15) is 0 Å². The highest BCUT2D eigenvalue weighted by atomic mass is 19.3. The molecule has 3 aromatic heterocycles. The van der Waals surface area contributed by atoms with Gasteiger partial charge in [0.05, 0.1) is 6.20 Å². The molecule has 0 aliphatic rings. The summed E-state index contributed by atoms with van der Waals surface area (Å²) in [6.07, 6.45) is 1.71. The van der Waals surface area contributed by atoms with E-state index in [9.17, 15) is 13.6 Å². The Morgan fingerprint density at radius 1 is 1.15 bits per heavy atom. The molecule has 26 heavy (non-hydrogen) atoms. The average Bonchev–Trinajstić information content (AvgIpc) is 2.64. The van der Waals surface area contributed by atoms with Gasteiger partial charge in [-0.3, -0.25) is 9.78 Å². The molecule has 0 aromatic carbocycles. The van der Waals surface area contributed by atoms with Gasteiger partial charge < -0.3 is 10.1 Å². The van der Waals surface area contributed by atoms with Crippen molar-refractivity contribution in [2.75, 3.05) is 5.32 Å². The fourth-order valence-corrected chi connectivity index (χ4v) is 2.08. The summed E-state index contributed by atoms with van der Waals surface area (Å²) in [5, 5.41) is 2.52. The van der Waals surface area contributed by atoms with Crippen LogP contribution >= 0.6 is 0 Å². The molecule has 0 saturated heterocycles. The molecule has 1 amide bonds. The predicted octanol–water partition coefficient (Wildman–Crippen LogP) is 4.16. The molecule has 0 saturated carbocycles. The van der Waals surface area contributed by atoms with Gasteiger partial charge in [0.25, 0.3) is 12.3 Å². The normalized spacial score (nSPS) is 10.6. The highest BCUT2D eigenvalue weighted by molar-refractivity contribution is 6.02. The lowest BCUT2D eigenvalue weighted by Crippen LogP contribution is -2.15. The number of amides is 1. The molecule has 0 spiro atoms. The summed E-state index contributed by atoms with van der Waals surface area (Å²) in [5.74, 6) is 0.0373. The topological polar surface area (TPSA) is 77.0 Å². The van der Waals surface area contributed by atoms with Gasteiger partial charge in [0.15, 0.2) is 0 Å². The molecule has 3 rings (SSSR count). The Labute approximate surface area is 147 Å². The Balaban J connectivity index is 1.87. The van der Waals surface area contributed by atoms with Crippen molar-refractivity contribution < 1.29 is 18.3 Å². The minimum Gasteiger partial charge on any atom is -0.456 e. The van der Waals surface area contributed by atoms with Crippen molar-refractivity contribution in [1.29, 1.82) is 0 Å². The first kappa shape index (κ1) is 17.4. The third kappa shape index (κ3) is 4.35. The monoisotopic (exact) mass is 356 g/mol. The molecule has 3 aromatic rings. The fourth-order valence-electron chi connectivity index (χ4n) is 2.08. The molecule has 0 fully saturated rings. The van der Waals surface area contributed by atoms with Crippen molar-refractivity contribution in [3.63, 3.8) is 0 Å². The predicted molar refractivity (Wildman–Crippen MR) is 90.4 cm³/mol. The van der Waals surface area contributed by atoms with E-state index in [4.69, 9.17) is 4.74 Å². The maximum absolute atomic E-state index is 13.1. The van der Waals surface area contributed by atoms with Crippen LogP contribution in [-0.2, 0) is 0 Å². The molecule has 1 N–H and O–H groups in total. The van der Waals surface area contributed by atoms with Gasteiger partial charge in [0.2, 0.25) is 0 Å². The lowest BCUT2D eigenvalue weighted by Gasteiger charge is -2.10. The van der Waals surface area contributed by atoms with Crippen LogP contribution in [0.1, 0.15) is 28.2 Å². The zero-order valence-corrected chi connectivity index (χ0v) is 13.7. The van der Waals surface area contributed by atoms with E-state index >= 15 is 0 Å². The molecule has 8 heteroatoms. The van der Waals surface area contributed by atoms with E-state index in [1.165, 1.54) is 12.3 Å².